The predicted molar refractivity (Wildman–Crippen MR) is 126 cm³/mol. The Labute approximate surface area is 200 Å². The summed E-state index contributed by atoms with van der Waals surface area (Å²) in [6, 6.07) is 4.91. The topological polar surface area (TPSA) is 91.5 Å². The number of nitrogens with two attached hydrogens (primary N) is 1. The monoisotopic (exact) mass is 488 g/mol. The molecule has 0 spiro atoms. The molecule has 3 aromatic rings. The van der Waals surface area contributed by atoms with Gasteiger partial charge >= 0.3 is 6.18 Å². The number of nitrogens with one attached hydrogen (secondary N) is 1. The van der Waals surface area contributed by atoms with Crippen LogP contribution < -0.4 is 20.5 Å². The van der Waals surface area contributed by atoms with Gasteiger partial charge in [-0.3, -0.25) is 0 Å². The van der Waals surface area contributed by atoms with E-state index in [4.69, 9.17) is 19.9 Å². The van der Waals surface area contributed by atoms with Gasteiger partial charge in [0.05, 0.1) is 30.3 Å². The summed E-state index contributed by atoms with van der Waals surface area (Å²) >= 11 is 0. The van der Waals surface area contributed by atoms with E-state index in [2.05, 4.69) is 15.3 Å². The molecule has 0 amide bonds. The molecule has 0 radical (unpaired) electrons. The number of benzene rings is 2. The van der Waals surface area contributed by atoms with E-state index in [0.29, 0.717) is 53.7 Å². The molecular weight excluding hydrogens is 461 g/mol. The van der Waals surface area contributed by atoms with E-state index in [1.807, 2.05) is 13.0 Å². The molecule has 0 bridgehead atoms. The SMILES string of the molecule is Cc1nc(N[C@H](C)c2cc(N)cc(C(F)(F)F)c2)c2cc(O[C@H]3CCOC3)c3c(c2n1)C[C@H](C)O3. The Balaban J connectivity index is 1.57. The molecule has 3 N–H and O–H groups in total. The van der Waals surface area contributed by atoms with Gasteiger partial charge in [0.2, 0.25) is 0 Å². The Morgan fingerprint density at radius 3 is 2.71 bits per heavy atom. The summed E-state index contributed by atoms with van der Waals surface area (Å²) in [6.07, 6.45) is -3.15. The minimum atomic E-state index is -4.49. The van der Waals surface area contributed by atoms with Crippen LogP contribution in [0.1, 0.15) is 48.8 Å². The van der Waals surface area contributed by atoms with Gasteiger partial charge in [-0.1, -0.05) is 0 Å². The summed E-state index contributed by atoms with van der Waals surface area (Å²) in [5.74, 6) is 2.32. The molecule has 3 heterocycles. The first-order valence-corrected chi connectivity index (χ1v) is 11.6. The molecular formula is C25H27F3N4O3. The van der Waals surface area contributed by atoms with Crippen LogP contribution in [0.4, 0.5) is 24.7 Å². The van der Waals surface area contributed by atoms with Gasteiger partial charge in [0.1, 0.15) is 23.9 Å². The van der Waals surface area contributed by atoms with Crippen LogP contribution in [0.25, 0.3) is 10.9 Å². The van der Waals surface area contributed by atoms with Gasteiger partial charge in [0, 0.05) is 29.5 Å². The zero-order valence-corrected chi connectivity index (χ0v) is 19.7. The largest absolute Gasteiger partial charge is 0.486 e. The third-order valence-corrected chi connectivity index (χ3v) is 6.27. The van der Waals surface area contributed by atoms with Crippen molar-refractivity contribution < 1.29 is 27.4 Å². The Hall–Kier alpha value is -3.27. The zero-order valence-electron chi connectivity index (χ0n) is 19.7. The summed E-state index contributed by atoms with van der Waals surface area (Å²) in [5.41, 5.74) is 7.12. The number of nitrogens with zero attached hydrogens (tertiary/aromatic N) is 2. The van der Waals surface area contributed by atoms with Crippen LogP contribution >= 0.6 is 0 Å². The molecule has 35 heavy (non-hydrogen) atoms. The van der Waals surface area contributed by atoms with E-state index in [1.165, 1.54) is 6.07 Å². The number of ether oxygens (including phenoxy) is 3. The summed E-state index contributed by atoms with van der Waals surface area (Å²) in [7, 11) is 0. The Morgan fingerprint density at radius 2 is 2.00 bits per heavy atom. The fraction of sp³-hybridized carbons (Fsp3) is 0.440. The second-order valence-electron chi connectivity index (χ2n) is 9.19. The number of aryl methyl sites for hydroxylation is 1. The maximum Gasteiger partial charge on any atom is 0.416 e. The van der Waals surface area contributed by atoms with Crippen molar-refractivity contribution in [1.82, 2.24) is 9.97 Å². The number of halogens is 3. The molecule has 0 aliphatic carbocycles. The standard InChI is InChI=1S/C25H27F3N4O3/c1-12-6-19-22-20(10-21(23(19)34-12)35-18-4-5-33-11-18)24(32-14(3)31-22)30-13(2)15-7-16(25(26,27)28)9-17(29)8-15/h7-10,12-13,18H,4-6,11,29H2,1-3H3,(H,30,31,32)/t12-,13+,18-/m0/s1. The molecule has 186 valence electrons. The van der Waals surface area contributed by atoms with Gasteiger partial charge in [-0.05, 0) is 50.6 Å². The Bertz CT molecular complexity index is 1280. The molecule has 3 atom stereocenters. The van der Waals surface area contributed by atoms with E-state index in [9.17, 15) is 13.2 Å². The van der Waals surface area contributed by atoms with E-state index in [-0.39, 0.29) is 17.9 Å². The second kappa shape index (κ2) is 8.75. The van der Waals surface area contributed by atoms with Crippen molar-refractivity contribution >= 4 is 22.4 Å². The fourth-order valence-electron chi connectivity index (χ4n) is 4.61. The smallest absolute Gasteiger partial charge is 0.416 e. The molecule has 1 saturated heterocycles. The van der Waals surface area contributed by atoms with Gasteiger partial charge in [0.25, 0.3) is 0 Å². The van der Waals surface area contributed by atoms with Crippen LogP contribution in [0.5, 0.6) is 11.5 Å². The number of alkyl halides is 3. The van der Waals surface area contributed by atoms with Crippen LogP contribution in [0, 0.1) is 6.92 Å². The van der Waals surface area contributed by atoms with Crippen molar-refractivity contribution in [3.8, 4) is 11.5 Å². The zero-order chi connectivity index (χ0) is 24.9. The van der Waals surface area contributed by atoms with Crippen molar-refractivity contribution in [2.45, 2.75) is 58.0 Å². The lowest BCUT2D eigenvalue weighted by Gasteiger charge is -2.21. The molecule has 5 rings (SSSR count). The molecule has 2 aliphatic heterocycles. The van der Waals surface area contributed by atoms with Gasteiger partial charge in [-0.2, -0.15) is 13.2 Å². The normalized spacial score (nSPS) is 20.5. The molecule has 1 aromatic heterocycles. The molecule has 10 heteroatoms. The number of fused-ring (bicyclic) bond motifs is 3. The maximum absolute atomic E-state index is 13.3. The van der Waals surface area contributed by atoms with Crippen LogP contribution in [-0.4, -0.2) is 35.4 Å². The van der Waals surface area contributed by atoms with Gasteiger partial charge in [-0.25, -0.2) is 9.97 Å². The minimum Gasteiger partial charge on any atom is -0.486 e. The lowest BCUT2D eigenvalue weighted by Crippen LogP contribution is -2.16. The van der Waals surface area contributed by atoms with Crippen molar-refractivity contribution in [3.63, 3.8) is 0 Å². The molecule has 2 aromatic carbocycles. The van der Waals surface area contributed by atoms with Gasteiger partial charge in [0.15, 0.2) is 11.5 Å². The predicted octanol–water partition coefficient (Wildman–Crippen LogP) is 5.20. The minimum absolute atomic E-state index is 0.0311. The van der Waals surface area contributed by atoms with Crippen molar-refractivity contribution in [1.29, 1.82) is 0 Å². The number of nitrogen functional groups attached to an aromatic ring is 1. The molecule has 0 unspecified atom stereocenters. The van der Waals surface area contributed by atoms with E-state index < -0.39 is 17.8 Å². The van der Waals surface area contributed by atoms with Crippen molar-refractivity contribution in [2.75, 3.05) is 24.3 Å². The Morgan fingerprint density at radius 1 is 1.20 bits per heavy atom. The number of aromatic nitrogens is 2. The van der Waals surface area contributed by atoms with Gasteiger partial charge in [-0.15, -0.1) is 0 Å². The average Bonchev–Trinajstić information content (AvgIpc) is 3.43. The second-order valence-corrected chi connectivity index (χ2v) is 9.19. The first-order valence-electron chi connectivity index (χ1n) is 11.6. The third kappa shape index (κ3) is 4.67. The first kappa shape index (κ1) is 23.5. The van der Waals surface area contributed by atoms with Crippen LogP contribution in [0.2, 0.25) is 0 Å². The van der Waals surface area contributed by atoms with E-state index >= 15 is 0 Å². The number of rotatable bonds is 5. The van der Waals surface area contributed by atoms with Crippen LogP contribution in [0.15, 0.2) is 24.3 Å². The molecule has 0 saturated carbocycles. The van der Waals surface area contributed by atoms with E-state index in [1.54, 1.807) is 13.8 Å². The first-order chi connectivity index (χ1) is 16.6. The number of hydrogen-bond donors (Lipinski definition) is 2. The quantitative estimate of drug-likeness (QED) is 0.477. The highest BCUT2D eigenvalue weighted by Gasteiger charge is 2.32. The lowest BCUT2D eigenvalue weighted by molar-refractivity contribution is -0.137. The molecule has 7 nitrogen and oxygen atoms in total. The lowest BCUT2D eigenvalue weighted by atomic mass is 10.0. The summed E-state index contributed by atoms with van der Waals surface area (Å²) < 4.78 is 57.8. The van der Waals surface area contributed by atoms with Gasteiger partial charge < -0.3 is 25.3 Å². The van der Waals surface area contributed by atoms with Crippen molar-refractivity contribution in [2.24, 2.45) is 0 Å². The summed E-state index contributed by atoms with van der Waals surface area (Å²) in [6.45, 7) is 6.69. The van der Waals surface area contributed by atoms with Crippen LogP contribution in [-0.2, 0) is 17.3 Å². The number of hydrogen-bond acceptors (Lipinski definition) is 7. The third-order valence-electron chi connectivity index (χ3n) is 6.27. The Kier molecular flexibility index (Phi) is 5.86. The average molecular weight is 489 g/mol. The maximum atomic E-state index is 13.3. The van der Waals surface area contributed by atoms with Crippen molar-refractivity contribution in [3.05, 3.63) is 46.8 Å². The summed E-state index contributed by atoms with van der Waals surface area (Å²) in [5, 5.41) is 3.99. The highest BCUT2D eigenvalue weighted by molar-refractivity contribution is 5.95. The highest BCUT2D eigenvalue weighted by atomic mass is 19.4. The number of anilines is 2. The molecule has 2 aliphatic rings. The highest BCUT2D eigenvalue weighted by Crippen LogP contribution is 2.45. The van der Waals surface area contributed by atoms with Crippen LogP contribution in [0.3, 0.4) is 0 Å². The fourth-order valence-corrected chi connectivity index (χ4v) is 4.61. The molecule has 1 fully saturated rings. The summed E-state index contributed by atoms with van der Waals surface area (Å²) in [4.78, 5) is 9.26. The van der Waals surface area contributed by atoms with E-state index in [0.717, 1.165) is 29.6 Å².